The number of furan rings is 1. The van der Waals surface area contributed by atoms with Crippen molar-refractivity contribution in [3.05, 3.63) is 218 Å². The van der Waals surface area contributed by atoms with Gasteiger partial charge in [0, 0.05) is 49.6 Å². The molecule has 0 aliphatic heterocycles. The lowest BCUT2D eigenvalue weighted by molar-refractivity contribution is 0.672. The predicted molar refractivity (Wildman–Crippen MR) is 249 cm³/mol. The molecule has 0 saturated heterocycles. The summed E-state index contributed by atoms with van der Waals surface area (Å²) in [6.45, 7) is 0. The van der Waals surface area contributed by atoms with Crippen LogP contribution in [0, 0.1) is 0 Å². The smallest absolute Gasteiger partial charge is 0.143 e. The third kappa shape index (κ3) is 5.36. The van der Waals surface area contributed by atoms with Crippen molar-refractivity contribution in [1.29, 1.82) is 0 Å². The zero-order valence-electron chi connectivity index (χ0n) is 32.1. The molecule has 0 unspecified atom stereocenters. The van der Waals surface area contributed by atoms with Crippen molar-refractivity contribution in [2.24, 2.45) is 0 Å². The average molecular weight is 753 g/mol. The zero-order chi connectivity index (χ0) is 38.9. The zero-order valence-corrected chi connectivity index (χ0v) is 32.1. The Morgan fingerprint density at radius 3 is 1.66 bits per heavy atom. The summed E-state index contributed by atoms with van der Waals surface area (Å²) in [4.78, 5) is 2.39. The molecule has 0 amide bonds. The van der Waals surface area contributed by atoms with Crippen LogP contribution in [-0.2, 0) is 0 Å². The van der Waals surface area contributed by atoms with E-state index in [1.807, 2.05) is 0 Å². The molecular formula is C56H36N2O. The largest absolute Gasteiger partial charge is 0.455 e. The van der Waals surface area contributed by atoms with Gasteiger partial charge in [-0.1, -0.05) is 146 Å². The molecule has 0 fully saturated rings. The highest BCUT2D eigenvalue weighted by molar-refractivity contribution is 6.16. The quantitative estimate of drug-likeness (QED) is 0.169. The molecule has 0 aliphatic carbocycles. The molecule has 59 heavy (non-hydrogen) atoms. The van der Waals surface area contributed by atoms with E-state index < -0.39 is 0 Å². The maximum Gasteiger partial charge on any atom is 0.143 e. The third-order valence-electron chi connectivity index (χ3n) is 12.0. The second kappa shape index (κ2) is 13.4. The third-order valence-corrected chi connectivity index (χ3v) is 12.0. The SMILES string of the molecule is c1ccc(N(c2ccc(-c3cccc4ccccc34)cc2)c2ccc(-n3c4ccccc4c4ccccc43)cc2)c(-c2ccc3oc4c5ccccc5ccc4c3c2)c1. The minimum atomic E-state index is 0.888. The fourth-order valence-electron chi connectivity index (χ4n) is 9.23. The Bertz CT molecular complexity index is 3500. The lowest BCUT2D eigenvalue weighted by Gasteiger charge is -2.28. The van der Waals surface area contributed by atoms with E-state index in [1.165, 1.54) is 49.1 Å². The van der Waals surface area contributed by atoms with Gasteiger partial charge in [0.2, 0.25) is 0 Å². The van der Waals surface area contributed by atoms with Crippen molar-refractivity contribution in [3.63, 3.8) is 0 Å². The minimum Gasteiger partial charge on any atom is -0.455 e. The summed E-state index contributed by atoms with van der Waals surface area (Å²) >= 11 is 0. The van der Waals surface area contributed by atoms with E-state index in [-0.39, 0.29) is 0 Å². The van der Waals surface area contributed by atoms with Gasteiger partial charge in [0.05, 0.1) is 16.7 Å². The first-order valence-electron chi connectivity index (χ1n) is 20.2. The second-order valence-corrected chi connectivity index (χ2v) is 15.3. The fourth-order valence-corrected chi connectivity index (χ4v) is 9.23. The van der Waals surface area contributed by atoms with Crippen LogP contribution in [0.4, 0.5) is 17.1 Å². The first kappa shape index (κ1) is 33.3. The summed E-state index contributed by atoms with van der Waals surface area (Å²) in [5.41, 5.74) is 13.2. The number of hydrogen-bond acceptors (Lipinski definition) is 2. The number of nitrogens with zero attached hydrogens (tertiary/aromatic N) is 2. The molecule has 0 N–H and O–H groups in total. The molecule has 2 heterocycles. The Morgan fingerprint density at radius 2 is 0.915 bits per heavy atom. The Labute approximate surface area is 341 Å². The average Bonchev–Trinajstić information content (AvgIpc) is 3.85. The molecule has 0 saturated carbocycles. The predicted octanol–water partition coefficient (Wildman–Crippen LogP) is 15.8. The molecule has 3 heteroatoms. The van der Waals surface area contributed by atoms with Crippen molar-refractivity contribution in [2.75, 3.05) is 4.90 Å². The summed E-state index contributed by atoms with van der Waals surface area (Å²) < 4.78 is 8.90. The summed E-state index contributed by atoms with van der Waals surface area (Å²) in [6.07, 6.45) is 0. The van der Waals surface area contributed by atoms with E-state index in [0.717, 1.165) is 61.2 Å². The highest BCUT2D eigenvalue weighted by Gasteiger charge is 2.20. The van der Waals surface area contributed by atoms with Crippen LogP contribution >= 0.6 is 0 Å². The van der Waals surface area contributed by atoms with Crippen molar-refractivity contribution in [1.82, 2.24) is 4.57 Å². The number of para-hydroxylation sites is 3. The summed E-state index contributed by atoms with van der Waals surface area (Å²) in [7, 11) is 0. The van der Waals surface area contributed by atoms with Crippen LogP contribution < -0.4 is 4.90 Å². The van der Waals surface area contributed by atoms with Gasteiger partial charge < -0.3 is 13.9 Å². The summed E-state index contributed by atoms with van der Waals surface area (Å²) in [6, 6.07) is 78.8. The van der Waals surface area contributed by atoms with Gasteiger partial charge in [0.1, 0.15) is 11.2 Å². The Morgan fingerprint density at radius 1 is 0.356 bits per heavy atom. The van der Waals surface area contributed by atoms with Crippen LogP contribution in [0.5, 0.6) is 0 Å². The van der Waals surface area contributed by atoms with Crippen molar-refractivity contribution < 1.29 is 4.42 Å². The number of aromatic nitrogens is 1. The standard InChI is InChI=1S/C56H36N2O/c1-3-15-44-37(12-1)14-11-20-45(44)39-24-28-41(29-25-39)57(42-30-32-43(33-31-42)58-53-22-9-6-18-48(53)49-19-7-10-23-54(49)58)52-21-8-5-16-46(52)40-27-35-55-51(36-40)50-34-26-38-13-2-4-17-47(38)56(50)59-55/h1-36H. The van der Waals surface area contributed by atoms with Gasteiger partial charge >= 0.3 is 0 Å². The number of benzene rings is 10. The van der Waals surface area contributed by atoms with E-state index in [0.29, 0.717) is 0 Å². The molecule has 0 atom stereocenters. The van der Waals surface area contributed by atoms with E-state index in [9.17, 15) is 0 Å². The second-order valence-electron chi connectivity index (χ2n) is 15.3. The Hall–Kier alpha value is -7.88. The monoisotopic (exact) mass is 752 g/mol. The fraction of sp³-hybridized carbons (Fsp3) is 0. The van der Waals surface area contributed by atoms with Crippen LogP contribution in [0.3, 0.4) is 0 Å². The lowest BCUT2D eigenvalue weighted by atomic mass is 9.97. The molecule has 0 radical (unpaired) electrons. The van der Waals surface area contributed by atoms with Gasteiger partial charge in [-0.25, -0.2) is 0 Å². The topological polar surface area (TPSA) is 21.3 Å². The molecule has 12 rings (SSSR count). The molecule has 10 aromatic carbocycles. The maximum atomic E-state index is 6.53. The molecule has 0 spiro atoms. The normalized spacial score (nSPS) is 11.7. The van der Waals surface area contributed by atoms with E-state index >= 15 is 0 Å². The lowest BCUT2D eigenvalue weighted by Crippen LogP contribution is -2.11. The van der Waals surface area contributed by atoms with Crippen molar-refractivity contribution >= 4 is 82.4 Å². The van der Waals surface area contributed by atoms with E-state index in [4.69, 9.17) is 4.42 Å². The van der Waals surface area contributed by atoms with Gasteiger partial charge in [-0.15, -0.1) is 0 Å². The highest BCUT2D eigenvalue weighted by Crippen LogP contribution is 2.44. The molecule has 3 nitrogen and oxygen atoms in total. The number of rotatable bonds is 6. The molecule has 276 valence electrons. The molecule has 2 aromatic heterocycles. The molecule has 0 aliphatic rings. The van der Waals surface area contributed by atoms with E-state index in [2.05, 4.69) is 228 Å². The van der Waals surface area contributed by atoms with Crippen LogP contribution in [0.1, 0.15) is 0 Å². The van der Waals surface area contributed by atoms with E-state index in [1.54, 1.807) is 0 Å². The first-order chi connectivity index (χ1) is 29.3. The minimum absolute atomic E-state index is 0.888. The van der Waals surface area contributed by atoms with Gasteiger partial charge in [0.25, 0.3) is 0 Å². The van der Waals surface area contributed by atoms with Crippen LogP contribution in [-0.4, -0.2) is 4.57 Å². The van der Waals surface area contributed by atoms with Crippen LogP contribution in [0.15, 0.2) is 223 Å². The van der Waals surface area contributed by atoms with Crippen LogP contribution in [0.25, 0.3) is 93.2 Å². The van der Waals surface area contributed by atoms with Gasteiger partial charge in [-0.3, -0.25) is 0 Å². The Kier molecular flexibility index (Phi) is 7.54. The first-order valence-corrected chi connectivity index (χ1v) is 20.2. The number of fused-ring (bicyclic) bond motifs is 9. The summed E-state index contributed by atoms with van der Waals surface area (Å²) in [5.74, 6) is 0. The molecule has 0 bridgehead atoms. The van der Waals surface area contributed by atoms with Crippen LogP contribution in [0.2, 0.25) is 0 Å². The van der Waals surface area contributed by atoms with Crippen molar-refractivity contribution in [2.45, 2.75) is 0 Å². The Balaban J connectivity index is 1.02. The maximum absolute atomic E-state index is 6.53. The van der Waals surface area contributed by atoms with Gasteiger partial charge in [-0.05, 0) is 106 Å². The highest BCUT2D eigenvalue weighted by atomic mass is 16.3. The van der Waals surface area contributed by atoms with Crippen molar-refractivity contribution in [3.8, 4) is 27.9 Å². The van der Waals surface area contributed by atoms with Gasteiger partial charge in [0.15, 0.2) is 0 Å². The molecule has 12 aromatic rings. The number of hydrogen-bond donors (Lipinski definition) is 0. The van der Waals surface area contributed by atoms with Gasteiger partial charge in [-0.2, -0.15) is 0 Å². The summed E-state index contributed by atoms with van der Waals surface area (Å²) in [5, 5.41) is 9.54. The number of anilines is 3. The molecular weight excluding hydrogens is 717 g/mol.